The molecule has 2 N–H and O–H groups in total. The Kier molecular flexibility index (Phi) is 4.27. The van der Waals surface area contributed by atoms with Gasteiger partial charge in [-0.15, -0.1) is 0 Å². The Morgan fingerprint density at radius 3 is 2.58 bits per heavy atom. The molecule has 1 saturated carbocycles. The zero-order chi connectivity index (χ0) is 14.0. The van der Waals surface area contributed by atoms with E-state index < -0.39 is 10.0 Å². The van der Waals surface area contributed by atoms with Crippen molar-refractivity contribution < 1.29 is 13.5 Å². The Bertz CT molecular complexity index is 530. The Labute approximate surface area is 113 Å². The summed E-state index contributed by atoms with van der Waals surface area (Å²) in [5.41, 5.74) is 0. The van der Waals surface area contributed by atoms with Crippen LogP contribution in [-0.2, 0) is 16.6 Å². The van der Waals surface area contributed by atoms with Gasteiger partial charge < -0.3 is 9.67 Å². The molecule has 19 heavy (non-hydrogen) atoms. The van der Waals surface area contributed by atoms with Crippen molar-refractivity contribution in [2.24, 2.45) is 0 Å². The predicted molar refractivity (Wildman–Crippen MR) is 71.2 cm³/mol. The number of aliphatic hydroxyl groups is 1. The molecule has 108 valence electrons. The number of aromatic nitrogens is 2. The van der Waals surface area contributed by atoms with Gasteiger partial charge in [-0.1, -0.05) is 0 Å². The van der Waals surface area contributed by atoms with Gasteiger partial charge in [0, 0.05) is 18.8 Å². The highest BCUT2D eigenvalue weighted by Crippen LogP contribution is 2.20. The fourth-order valence-electron chi connectivity index (χ4n) is 2.40. The lowest BCUT2D eigenvalue weighted by molar-refractivity contribution is 0.120. The van der Waals surface area contributed by atoms with Crippen LogP contribution in [0.1, 0.15) is 38.4 Å². The molecule has 0 amide bonds. The number of rotatable bonds is 4. The molecule has 2 rings (SSSR count). The van der Waals surface area contributed by atoms with Crippen molar-refractivity contribution in [3.63, 3.8) is 0 Å². The Morgan fingerprint density at radius 2 is 2.05 bits per heavy atom. The van der Waals surface area contributed by atoms with Crippen LogP contribution in [0.4, 0.5) is 0 Å². The molecule has 6 nitrogen and oxygen atoms in total. The van der Waals surface area contributed by atoms with E-state index in [1.807, 2.05) is 6.92 Å². The monoisotopic (exact) mass is 287 g/mol. The van der Waals surface area contributed by atoms with E-state index in [1.54, 1.807) is 17.7 Å². The fraction of sp³-hybridized carbons (Fsp3) is 0.750. The maximum atomic E-state index is 12.2. The molecule has 0 atom stereocenters. The summed E-state index contributed by atoms with van der Waals surface area (Å²) in [5, 5.41) is 9.50. The highest BCUT2D eigenvalue weighted by molar-refractivity contribution is 7.89. The van der Waals surface area contributed by atoms with Crippen LogP contribution >= 0.6 is 0 Å². The maximum absolute atomic E-state index is 12.2. The molecule has 1 aliphatic rings. The minimum absolute atomic E-state index is 0.0815. The SMILES string of the molecule is CCn1cc(S(=O)(=O)NC2CCC(O)CC2)nc1C. The van der Waals surface area contributed by atoms with Crippen molar-refractivity contribution >= 4 is 10.0 Å². The molecule has 1 fully saturated rings. The quantitative estimate of drug-likeness (QED) is 0.857. The summed E-state index contributed by atoms with van der Waals surface area (Å²) in [6, 6.07) is -0.0968. The average molecular weight is 287 g/mol. The van der Waals surface area contributed by atoms with Crippen LogP contribution in [-0.4, -0.2) is 35.2 Å². The largest absolute Gasteiger partial charge is 0.393 e. The summed E-state index contributed by atoms with van der Waals surface area (Å²) in [6.07, 6.45) is 3.92. The van der Waals surface area contributed by atoms with E-state index in [0.29, 0.717) is 38.1 Å². The Morgan fingerprint density at radius 1 is 1.42 bits per heavy atom. The van der Waals surface area contributed by atoms with Crippen LogP contribution in [0.5, 0.6) is 0 Å². The van der Waals surface area contributed by atoms with Crippen LogP contribution in [0.3, 0.4) is 0 Å². The van der Waals surface area contributed by atoms with Crippen LogP contribution in [0.15, 0.2) is 11.2 Å². The van der Waals surface area contributed by atoms with Gasteiger partial charge in [-0.2, -0.15) is 0 Å². The van der Waals surface area contributed by atoms with E-state index in [-0.39, 0.29) is 17.2 Å². The zero-order valence-electron chi connectivity index (χ0n) is 11.3. The molecule has 0 spiro atoms. The van der Waals surface area contributed by atoms with Crippen LogP contribution in [0, 0.1) is 6.92 Å². The van der Waals surface area contributed by atoms with Gasteiger partial charge >= 0.3 is 0 Å². The molecule has 0 bridgehead atoms. The molecule has 1 heterocycles. The van der Waals surface area contributed by atoms with E-state index in [0.717, 1.165) is 0 Å². The molecule has 1 aliphatic carbocycles. The number of hydrogen-bond acceptors (Lipinski definition) is 4. The number of aryl methyl sites for hydroxylation is 2. The highest BCUT2D eigenvalue weighted by Gasteiger charge is 2.26. The lowest BCUT2D eigenvalue weighted by Crippen LogP contribution is -2.38. The second-order valence-corrected chi connectivity index (χ2v) is 6.70. The Balaban J connectivity index is 2.09. The molecule has 7 heteroatoms. The smallest absolute Gasteiger partial charge is 0.259 e. The van der Waals surface area contributed by atoms with Crippen LogP contribution < -0.4 is 4.72 Å². The predicted octanol–water partition coefficient (Wildman–Crippen LogP) is 0.793. The summed E-state index contributed by atoms with van der Waals surface area (Å²) >= 11 is 0. The summed E-state index contributed by atoms with van der Waals surface area (Å²) in [7, 11) is -3.55. The van der Waals surface area contributed by atoms with Gasteiger partial charge in [-0.3, -0.25) is 0 Å². The molecular weight excluding hydrogens is 266 g/mol. The number of nitrogens with zero attached hydrogens (tertiary/aromatic N) is 2. The third kappa shape index (κ3) is 3.34. The normalized spacial score (nSPS) is 24.6. The first-order valence-electron chi connectivity index (χ1n) is 6.66. The third-order valence-corrected chi connectivity index (χ3v) is 4.98. The zero-order valence-corrected chi connectivity index (χ0v) is 12.2. The van der Waals surface area contributed by atoms with Crippen molar-refractivity contribution in [2.45, 2.75) is 63.2 Å². The van der Waals surface area contributed by atoms with Crippen molar-refractivity contribution in [2.75, 3.05) is 0 Å². The number of nitrogens with one attached hydrogen (secondary N) is 1. The lowest BCUT2D eigenvalue weighted by Gasteiger charge is -2.25. The average Bonchev–Trinajstić information content (AvgIpc) is 2.74. The van der Waals surface area contributed by atoms with Crippen molar-refractivity contribution in [1.29, 1.82) is 0 Å². The molecule has 0 radical (unpaired) electrons. The first-order valence-corrected chi connectivity index (χ1v) is 8.15. The minimum atomic E-state index is -3.55. The first-order chi connectivity index (χ1) is 8.92. The fourth-order valence-corrected chi connectivity index (χ4v) is 3.72. The summed E-state index contributed by atoms with van der Waals surface area (Å²) in [5.74, 6) is 0.696. The summed E-state index contributed by atoms with van der Waals surface area (Å²) < 4.78 is 28.9. The molecule has 1 aromatic rings. The van der Waals surface area contributed by atoms with Gasteiger partial charge in [0.15, 0.2) is 5.03 Å². The molecule has 0 aromatic carbocycles. The van der Waals surface area contributed by atoms with Gasteiger partial charge in [0.05, 0.1) is 6.10 Å². The molecule has 0 aliphatic heterocycles. The van der Waals surface area contributed by atoms with Gasteiger partial charge in [0.1, 0.15) is 5.82 Å². The van der Waals surface area contributed by atoms with E-state index in [9.17, 15) is 13.5 Å². The number of hydrogen-bond donors (Lipinski definition) is 2. The van der Waals surface area contributed by atoms with Gasteiger partial charge in [-0.05, 0) is 39.5 Å². The molecule has 1 aromatic heterocycles. The maximum Gasteiger partial charge on any atom is 0.259 e. The van der Waals surface area contributed by atoms with Gasteiger partial charge in [0.2, 0.25) is 0 Å². The standard InChI is InChI=1S/C12H21N3O3S/c1-3-15-8-12(13-9(15)2)19(17,18)14-10-4-6-11(16)7-5-10/h8,10-11,14,16H,3-7H2,1-2H3. The number of imidazole rings is 1. The number of sulfonamides is 1. The third-order valence-electron chi connectivity index (χ3n) is 3.59. The van der Waals surface area contributed by atoms with E-state index in [1.165, 1.54) is 0 Å². The van der Waals surface area contributed by atoms with Crippen LogP contribution in [0.2, 0.25) is 0 Å². The lowest BCUT2D eigenvalue weighted by atomic mass is 9.94. The van der Waals surface area contributed by atoms with Crippen molar-refractivity contribution in [3.8, 4) is 0 Å². The summed E-state index contributed by atoms with van der Waals surface area (Å²) in [4.78, 5) is 4.10. The van der Waals surface area contributed by atoms with Crippen molar-refractivity contribution in [3.05, 3.63) is 12.0 Å². The topological polar surface area (TPSA) is 84.2 Å². The van der Waals surface area contributed by atoms with Crippen LogP contribution in [0.25, 0.3) is 0 Å². The van der Waals surface area contributed by atoms with E-state index in [2.05, 4.69) is 9.71 Å². The van der Waals surface area contributed by atoms with Gasteiger partial charge in [0.25, 0.3) is 10.0 Å². The first kappa shape index (κ1) is 14.5. The molecular formula is C12H21N3O3S. The van der Waals surface area contributed by atoms with E-state index >= 15 is 0 Å². The van der Waals surface area contributed by atoms with Gasteiger partial charge in [-0.25, -0.2) is 18.1 Å². The van der Waals surface area contributed by atoms with E-state index in [4.69, 9.17) is 0 Å². The number of aliphatic hydroxyl groups excluding tert-OH is 1. The minimum Gasteiger partial charge on any atom is -0.393 e. The summed E-state index contributed by atoms with van der Waals surface area (Å²) in [6.45, 7) is 4.44. The molecule has 0 unspecified atom stereocenters. The molecule has 0 saturated heterocycles. The van der Waals surface area contributed by atoms with Crippen molar-refractivity contribution in [1.82, 2.24) is 14.3 Å². The second-order valence-electron chi connectivity index (χ2n) is 5.04. The Hall–Kier alpha value is -0.920. The highest BCUT2D eigenvalue weighted by atomic mass is 32.2. The second kappa shape index (κ2) is 5.60.